The number of carbonyl (C=O) groups excluding carboxylic acids is 1. The van der Waals surface area contributed by atoms with Gasteiger partial charge in [0.25, 0.3) is 0 Å². The van der Waals surface area contributed by atoms with Gasteiger partial charge in [-0.25, -0.2) is 8.42 Å². The molecule has 0 aliphatic rings. The monoisotopic (exact) mass is 369 g/mol. The van der Waals surface area contributed by atoms with Gasteiger partial charge in [-0.15, -0.1) is 0 Å². The van der Waals surface area contributed by atoms with E-state index in [0.717, 1.165) is 24.5 Å². The lowest BCUT2D eigenvalue weighted by molar-refractivity contribution is -0.137. The maximum Gasteiger partial charge on any atom is 0.416 e. The van der Waals surface area contributed by atoms with Crippen LogP contribution in [0.4, 0.5) is 18.9 Å². The Hall–Kier alpha value is -2.61. The lowest BCUT2D eigenvalue weighted by Gasteiger charge is -2.08. The van der Waals surface area contributed by atoms with E-state index in [4.69, 9.17) is 0 Å². The maximum atomic E-state index is 12.6. The summed E-state index contributed by atoms with van der Waals surface area (Å²) >= 11 is 0. The van der Waals surface area contributed by atoms with E-state index in [-0.39, 0.29) is 10.6 Å². The number of halogens is 3. The minimum atomic E-state index is -4.49. The van der Waals surface area contributed by atoms with Gasteiger partial charge < -0.3 is 5.32 Å². The average Bonchev–Trinajstić information content (AvgIpc) is 2.52. The number of anilines is 1. The number of alkyl halides is 3. The normalized spacial score (nSPS) is 12.3. The SMILES string of the molecule is CS(=O)(=O)c1ccc(C=CC(=O)Nc2cccc(C(F)(F)F)c2)cc1. The van der Waals surface area contributed by atoms with Gasteiger partial charge in [-0.1, -0.05) is 18.2 Å². The van der Waals surface area contributed by atoms with Crippen molar-refractivity contribution in [2.24, 2.45) is 0 Å². The smallest absolute Gasteiger partial charge is 0.322 e. The van der Waals surface area contributed by atoms with Crippen molar-refractivity contribution in [3.63, 3.8) is 0 Å². The zero-order valence-electron chi connectivity index (χ0n) is 13.0. The van der Waals surface area contributed by atoms with Gasteiger partial charge in [0, 0.05) is 18.0 Å². The van der Waals surface area contributed by atoms with Crippen LogP contribution in [-0.2, 0) is 20.8 Å². The molecule has 132 valence electrons. The summed E-state index contributed by atoms with van der Waals surface area (Å²) < 4.78 is 60.6. The highest BCUT2D eigenvalue weighted by Gasteiger charge is 2.30. The van der Waals surface area contributed by atoms with E-state index in [9.17, 15) is 26.4 Å². The van der Waals surface area contributed by atoms with Gasteiger partial charge in [0.05, 0.1) is 10.5 Å². The second-order valence-electron chi connectivity index (χ2n) is 5.24. The number of hydrogen-bond acceptors (Lipinski definition) is 3. The quantitative estimate of drug-likeness (QED) is 0.835. The molecule has 0 fully saturated rings. The second kappa shape index (κ2) is 7.10. The zero-order chi connectivity index (χ0) is 18.7. The van der Waals surface area contributed by atoms with Crippen LogP contribution in [0.25, 0.3) is 6.08 Å². The summed E-state index contributed by atoms with van der Waals surface area (Å²) in [5.41, 5.74) is -0.255. The van der Waals surface area contributed by atoms with E-state index in [2.05, 4.69) is 5.32 Å². The Morgan fingerprint density at radius 1 is 1.08 bits per heavy atom. The first-order valence-electron chi connectivity index (χ1n) is 7.02. The van der Waals surface area contributed by atoms with E-state index in [1.807, 2.05) is 0 Å². The molecule has 0 radical (unpaired) electrons. The van der Waals surface area contributed by atoms with E-state index < -0.39 is 27.5 Å². The van der Waals surface area contributed by atoms with Crippen LogP contribution in [0.2, 0.25) is 0 Å². The summed E-state index contributed by atoms with van der Waals surface area (Å²) in [4.78, 5) is 11.9. The Labute approximate surface area is 142 Å². The van der Waals surface area contributed by atoms with Crippen LogP contribution in [-0.4, -0.2) is 20.6 Å². The Kier molecular flexibility index (Phi) is 5.32. The fourth-order valence-electron chi connectivity index (χ4n) is 1.96. The number of hydrogen-bond donors (Lipinski definition) is 1. The third-order valence-corrected chi connectivity index (χ3v) is 4.32. The predicted molar refractivity (Wildman–Crippen MR) is 88.7 cm³/mol. The van der Waals surface area contributed by atoms with Crippen molar-refractivity contribution in [2.45, 2.75) is 11.1 Å². The molecule has 0 unspecified atom stereocenters. The first-order valence-corrected chi connectivity index (χ1v) is 8.91. The highest BCUT2D eigenvalue weighted by Crippen LogP contribution is 2.30. The van der Waals surface area contributed by atoms with Gasteiger partial charge in [0.15, 0.2) is 9.84 Å². The van der Waals surface area contributed by atoms with Crippen molar-refractivity contribution in [2.75, 3.05) is 11.6 Å². The van der Waals surface area contributed by atoms with Gasteiger partial charge in [-0.2, -0.15) is 13.2 Å². The fraction of sp³-hybridized carbons (Fsp3) is 0.118. The third kappa shape index (κ3) is 5.46. The van der Waals surface area contributed by atoms with Crippen LogP contribution in [0.1, 0.15) is 11.1 Å². The molecular weight excluding hydrogens is 355 g/mol. The molecule has 2 rings (SSSR count). The second-order valence-corrected chi connectivity index (χ2v) is 7.26. The van der Waals surface area contributed by atoms with Gasteiger partial charge in [-0.05, 0) is 42.0 Å². The van der Waals surface area contributed by atoms with Crippen molar-refractivity contribution in [1.29, 1.82) is 0 Å². The largest absolute Gasteiger partial charge is 0.416 e. The summed E-state index contributed by atoms with van der Waals surface area (Å²) in [6.07, 6.45) is -0.830. The molecule has 0 saturated carbocycles. The summed E-state index contributed by atoms with van der Waals surface area (Å²) in [7, 11) is -3.30. The van der Waals surface area contributed by atoms with Crippen LogP contribution < -0.4 is 5.32 Å². The number of rotatable bonds is 4. The molecule has 4 nitrogen and oxygen atoms in total. The number of sulfone groups is 1. The van der Waals surface area contributed by atoms with E-state index in [1.54, 1.807) is 0 Å². The fourth-order valence-corrected chi connectivity index (χ4v) is 2.59. The maximum absolute atomic E-state index is 12.6. The Balaban J connectivity index is 2.06. The minimum Gasteiger partial charge on any atom is -0.322 e. The predicted octanol–water partition coefficient (Wildman–Crippen LogP) is 3.76. The number of carbonyl (C=O) groups is 1. The Bertz CT molecular complexity index is 901. The lowest BCUT2D eigenvalue weighted by Crippen LogP contribution is -2.10. The molecular formula is C17H14F3NO3S. The lowest BCUT2D eigenvalue weighted by atomic mass is 10.2. The van der Waals surface area contributed by atoms with Gasteiger partial charge in [0.1, 0.15) is 0 Å². The van der Waals surface area contributed by atoms with Crippen molar-refractivity contribution >= 4 is 27.5 Å². The van der Waals surface area contributed by atoms with Crippen LogP contribution in [0.5, 0.6) is 0 Å². The molecule has 0 atom stereocenters. The van der Waals surface area contributed by atoms with Crippen LogP contribution >= 0.6 is 0 Å². The highest BCUT2D eigenvalue weighted by molar-refractivity contribution is 7.90. The molecule has 1 N–H and O–H groups in total. The van der Waals surface area contributed by atoms with Crippen LogP contribution in [0, 0.1) is 0 Å². The van der Waals surface area contributed by atoms with Crippen molar-refractivity contribution in [3.05, 3.63) is 65.7 Å². The first-order chi connectivity index (χ1) is 11.6. The molecule has 0 heterocycles. The van der Waals surface area contributed by atoms with Gasteiger partial charge in [0.2, 0.25) is 5.91 Å². The Morgan fingerprint density at radius 3 is 2.28 bits per heavy atom. The molecule has 0 saturated heterocycles. The summed E-state index contributed by atoms with van der Waals surface area (Å²) in [5, 5.41) is 2.34. The molecule has 25 heavy (non-hydrogen) atoms. The topological polar surface area (TPSA) is 63.2 Å². The van der Waals surface area contributed by atoms with Crippen LogP contribution in [0.3, 0.4) is 0 Å². The molecule has 0 aliphatic carbocycles. The van der Waals surface area contributed by atoms with E-state index in [1.165, 1.54) is 42.5 Å². The number of amides is 1. The minimum absolute atomic E-state index is 0.0249. The standard InChI is InChI=1S/C17H14F3NO3S/c1-25(23,24)15-8-5-12(6-9-15)7-10-16(22)21-14-4-2-3-13(11-14)17(18,19)20/h2-11H,1H3,(H,21,22). The summed E-state index contributed by atoms with van der Waals surface area (Å²) in [6, 6.07) is 10.1. The molecule has 0 spiro atoms. The van der Waals surface area contributed by atoms with E-state index >= 15 is 0 Å². The third-order valence-electron chi connectivity index (χ3n) is 3.19. The number of nitrogens with one attached hydrogen (secondary N) is 1. The molecule has 0 aromatic heterocycles. The number of benzene rings is 2. The summed E-state index contributed by atoms with van der Waals surface area (Å²) in [5.74, 6) is -0.605. The van der Waals surface area contributed by atoms with Gasteiger partial charge in [-0.3, -0.25) is 4.79 Å². The van der Waals surface area contributed by atoms with Crippen molar-refractivity contribution in [1.82, 2.24) is 0 Å². The average molecular weight is 369 g/mol. The zero-order valence-corrected chi connectivity index (χ0v) is 13.9. The molecule has 1 amide bonds. The van der Waals surface area contributed by atoms with E-state index in [0.29, 0.717) is 5.56 Å². The highest BCUT2D eigenvalue weighted by atomic mass is 32.2. The van der Waals surface area contributed by atoms with Gasteiger partial charge >= 0.3 is 6.18 Å². The molecule has 2 aromatic carbocycles. The van der Waals surface area contributed by atoms with Crippen molar-refractivity contribution < 1.29 is 26.4 Å². The Morgan fingerprint density at radius 2 is 1.72 bits per heavy atom. The molecule has 8 heteroatoms. The summed E-state index contributed by atoms with van der Waals surface area (Å²) in [6.45, 7) is 0. The molecule has 0 aliphatic heterocycles. The van der Waals surface area contributed by atoms with Crippen LogP contribution in [0.15, 0.2) is 59.5 Å². The van der Waals surface area contributed by atoms with Crippen molar-refractivity contribution in [3.8, 4) is 0 Å². The molecule has 0 bridgehead atoms. The first kappa shape index (κ1) is 18.7. The molecule has 2 aromatic rings.